The Balaban J connectivity index is 0.000000330. The molecule has 0 aromatic heterocycles. The molecule has 2 fully saturated rings. The Kier molecular flexibility index (Phi) is 5.56. The largest absolute Gasteiger partial charge is 0.508 e. The van der Waals surface area contributed by atoms with Gasteiger partial charge in [0.15, 0.2) is 0 Å². The number of aldehydes is 1. The second-order valence-electron chi connectivity index (χ2n) is 9.46. The minimum Gasteiger partial charge on any atom is -0.508 e. The van der Waals surface area contributed by atoms with E-state index in [-0.39, 0.29) is 5.41 Å². The van der Waals surface area contributed by atoms with Crippen molar-refractivity contribution in [3.8, 4) is 5.75 Å². The highest BCUT2D eigenvalue weighted by molar-refractivity contribution is 5.56. The summed E-state index contributed by atoms with van der Waals surface area (Å²) in [6.45, 7) is 7.72. The van der Waals surface area contributed by atoms with Crippen molar-refractivity contribution >= 4 is 6.29 Å². The molecule has 28 heavy (non-hydrogen) atoms. The van der Waals surface area contributed by atoms with E-state index in [0.717, 1.165) is 24.4 Å². The molecule has 3 atom stereocenters. The molecule has 1 saturated heterocycles. The van der Waals surface area contributed by atoms with Crippen LogP contribution >= 0.6 is 0 Å². The van der Waals surface area contributed by atoms with E-state index in [9.17, 15) is 18.3 Å². The number of hydrogen-bond donors (Lipinski definition) is 2. The number of alkyl halides is 3. The van der Waals surface area contributed by atoms with Gasteiger partial charge in [-0.05, 0) is 66.3 Å². The number of rotatable bonds is 0. The zero-order chi connectivity index (χ0) is 20.7. The van der Waals surface area contributed by atoms with E-state index in [4.69, 9.17) is 4.79 Å². The summed E-state index contributed by atoms with van der Waals surface area (Å²) in [7, 11) is 0. The fourth-order valence-corrected chi connectivity index (χ4v) is 5.57. The quantitative estimate of drug-likeness (QED) is 0.619. The Morgan fingerprint density at radius 1 is 1.18 bits per heavy atom. The van der Waals surface area contributed by atoms with Crippen molar-refractivity contribution in [2.75, 3.05) is 6.54 Å². The molecule has 3 nitrogen and oxygen atoms in total. The van der Waals surface area contributed by atoms with E-state index < -0.39 is 12.5 Å². The lowest BCUT2D eigenvalue weighted by atomic mass is 9.52. The number of carbonyl (C=O) groups is 1. The summed E-state index contributed by atoms with van der Waals surface area (Å²) in [5.74, 6) is 1.30. The van der Waals surface area contributed by atoms with Crippen LogP contribution in [0.15, 0.2) is 12.1 Å². The van der Waals surface area contributed by atoms with Crippen LogP contribution in [0.5, 0.6) is 5.75 Å². The molecule has 4 rings (SSSR count). The van der Waals surface area contributed by atoms with Crippen molar-refractivity contribution in [1.82, 2.24) is 5.32 Å². The van der Waals surface area contributed by atoms with Crippen LogP contribution in [0.4, 0.5) is 13.2 Å². The number of piperidine rings is 1. The maximum atomic E-state index is 10.7. The maximum Gasteiger partial charge on any atom is 0.446 e. The molecule has 2 aliphatic carbocycles. The molecule has 3 aliphatic rings. The van der Waals surface area contributed by atoms with Crippen LogP contribution in [0.3, 0.4) is 0 Å². The van der Waals surface area contributed by atoms with Gasteiger partial charge in [0.1, 0.15) is 5.75 Å². The number of halogens is 3. The van der Waals surface area contributed by atoms with Gasteiger partial charge in [0.25, 0.3) is 0 Å². The molecule has 0 radical (unpaired) electrons. The summed E-state index contributed by atoms with van der Waals surface area (Å²) >= 11 is 0. The summed E-state index contributed by atoms with van der Waals surface area (Å²) in [5.41, 5.74) is 4.44. The van der Waals surface area contributed by atoms with Crippen LogP contribution in [0.1, 0.15) is 69.6 Å². The van der Waals surface area contributed by atoms with Crippen molar-refractivity contribution in [2.24, 2.45) is 5.92 Å². The maximum absolute atomic E-state index is 10.7. The van der Waals surface area contributed by atoms with Gasteiger partial charge in [0.2, 0.25) is 6.29 Å². The van der Waals surface area contributed by atoms with Crippen LogP contribution in [-0.2, 0) is 22.0 Å². The van der Waals surface area contributed by atoms with E-state index in [2.05, 4.69) is 38.2 Å². The van der Waals surface area contributed by atoms with Gasteiger partial charge in [0, 0.05) is 11.5 Å². The summed E-state index contributed by atoms with van der Waals surface area (Å²) in [4.78, 5) is 8.70. The predicted molar refractivity (Wildman–Crippen MR) is 103 cm³/mol. The molecule has 2 bridgehead atoms. The van der Waals surface area contributed by atoms with Crippen LogP contribution in [0.2, 0.25) is 0 Å². The molecule has 1 aromatic carbocycles. The highest BCUT2D eigenvalue weighted by atomic mass is 19.4. The average molecular weight is 397 g/mol. The molecule has 2 N–H and O–H groups in total. The first-order valence-electron chi connectivity index (χ1n) is 10.1. The number of phenolic OH excluding ortho intramolecular Hbond substituents is 1. The number of carbonyl (C=O) groups excluding carboxylic acids is 1. The van der Waals surface area contributed by atoms with Gasteiger partial charge >= 0.3 is 6.18 Å². The number of nitrogens with one attached hydrogen (secondary N) is 1. The minimum atomic E-state index is -4.64. The smallest absolute Gasteiger partial charge is 0.446 e. The third kappa shape index (κ3) is 3.93. The molecule has 0 unspecified atom stereocenters. The lowest BCUT2D eigenvalue weighted by Crippen LogP contribution is -2.59. The van der Waals surface area contributed by atoms with Gasteiger partial charge in [-0.15, -0.1) is 0 Å². The zero-order valence-electron chi connectivity index (χ0n) is 16.8. The number of fused-ring (bicyclic) bond motifs is 1. The Bertz CT molecular complexity index is 735. The Morgan fingerprint density at radius 3 is 2.46 bits per heavy atom. The van der Waals surface area contributed by atoms with Gasteiger partial charge < -0.3 is 10.4 Å². The van der Waals surface area contributed by atoms with E-state index in [1.54, 1.807) is 0 Å². The SMILES string of the molecule is CC(C)(C)c1cc2c(cc1O)[C@]13CCCC[C@@H]1[C@H](C2)NCC3.O=CC(F)(F)F. The average Bonchev–Trinajstić information content (AvgIpc) is 2.61. The Morgan fingerprint density at radius 2 is 1.86 bits per heavy atom. The van der Waals surface area contributed by atoms with E-state index in [1.807, 2.05) is 0 Å². The molecule has 156 valence electrons. The fraction of sp³-hybridized carbons (Fsp3) is 0.682. The number of phenols is 1. The molecule has 1 saturated carbocycles. The lowest BCUT2D eigenvalue weighted by Gasteiger charge is -2.56. The number of benzene rings is 1. The molecule has 1 heterocycles. The third-order valence-electron chi connectivity index (χ3n) is 6.70. The Labute approximate surface area is 164 Å². The fourth-order valence-electron chi connectivity index (χ4n) is 5.57. The first kappa shape index (κ1) is 21.2. The normalized spacial score (nSPS) is 29.1. The van der Waals surface area contributed by atoms with Crippen molar-refractivity contribution in [2.45, 2.75) is 82.3 Å². The standard InChI is InChI=1S/C20H29NO.C2HF3O/c1-19(2,3)16-10-13-11-17-14-6-4-5-7-20(14,8-9-21-17)15(13)12-18(16)22;3-2(4,5)1-6/h10,12,14,17,21-22H,4-9,11H2,1-3H3;1H/t14-,17+,20+;/m1./s1. The molecule has 6 heteroatoms. The van der Waals surface area contributed by atoms with Crippen molar-refractivity contribution in [1.29, 1.82) is 0 Å². The zero-order valence-corrected chi connectivity index (χ0v) is 16.8. The molecule has 1 aromatic rings. The van der Waals surface area contributed by atoms with Crippen LogP contribution in [-0.4, -0.2) is 30.2 Å². The molecule has 1 aliphatic heterocycles. The van der Waals surface area contributed by atoms with Crippen LogP contribution in [0, 0.1) is 5.92 Å². The first-order valence-corrected chi connectivity index (χ1v) is 10.1. The van der Waals surface area contributed by atoms with Crippen molar-refractivity contribution < 1.29 is 23.1 Å². The highest BCUT2D eigenvalue weighted by Gasteiger charge is 2.51. The summed E-state index contributed by atoms with van der Waals surface area (Å²) < 4.78 is 31.2. The Hall–Kier alpha value is -1.56. The third-order valence-corrected chi connectivity index (χ3v) is 6.70. The van der Waals surface area contributed by atoms with Crippen LogP contribution < -0.4 is 5.32 Å². The van der Waals surface area contributed by atoms with Crippen molar-refractivity contribution in [3.05, 3.63) is 28.8 Å². The summed E-state index contributed by atoms with van der Waals surface area (Å²) in [5, 5.41) is 14.5. The summed E-state index contributed by atoms with van der Waals surface area (Å²) in [6, 6.07) is 5.12. The topological polar surface area (TPSA) is 49.3 Å². The number of aromatic hydroxyl groups is 1. The van der Waals surface area contributed by atoms with Gasteiger partial charge in [-0.3, -0.25) is 4.79 Å². The van der Waals surface area contributed by atoms with Gasteiger partial charge in [-0.1, -0.05) is 39.7 Å². The monoisotopic (exact) mass is 397 g/mol. The molecule has 0 spiro atoms. The van der Waals surface area contributed by atoms with Gasteiger partial charge in [-0.25, -0.2) is 0 Å². The predicted octanol–water partition coefficient (Wildman–Crippen LogP) is 4.78. The number of hydrogen-bond acceptors (Lipinski definition) is 3. The minimum absolute atomic E-state index is 0.00271. The molecular weight excluding hydrogens is 367 g/mol. The highest BCUT2D eigenvalue weighted by Crippen LogP contribution is 2.55. The van der Waals surface area contributed by atoms with Gasteiger partial charge in [0.05, 0.1) is 0 Å². The molecule has 0 amide bonds. The van der Waals surface area contributed by atoms with Gasteiger partial charge in [-0.2, -0.15) is 13.2 Å². The van der Waals surface area contributed by atoms with Crippen molar-refractivity contribution in [3.63, 3.8) is 0 Å². The lowest BCUT2D eigenvalue weighted by molar-refractivity contribution is -0.156. The van der Waals surface area contributed by atoms with Crippen LogP contribution in [0.25, 0.3) is 0 Å². The van der Waals surface area contributed by atoms with E-state index >= 15 is 0 Å². The second-order valence-corrected chi connectivity index (χ2v) is 9.46. The second kappa shape index (κ2) is 7.36. The molecular formula is C22H30F3NO2. The first-order chi connectivity index (χ1) is 13.0. The van der Waals surface area contributed by atoms with E-state index in [1.165, 1.54) is 43.2 Å². The summed E-state index contributed by atoms with van der Waals surface area (Å²) in [6.07, 6.45) is 2.10. The van der Waals surface area contributed by atoms with E-state index in [0.29, 0.717) is 17.2 Å².